The summed E-state index contributed by atoms with van der Waals surface area (Å²) in [6.07, 6.45) is 3.44. The molecule has 0 radical (unpaired) electrons. The van der Waals surface area contributed by atoms with E-state index in [0.717, 1.165) is 21.4 Å². The number of amides is 1. The van der Waals surface area contributed by atoms with E-state index in [9.17, 15) is 4.79 Å². The summed E-state index contributed by atoms with van der Waals surface area (Å²) in [5.41, 5.74) is 1.89. The molecule has 0 aliphatic heterocycles. The highest BCUT2D eigenvalue weighted by atomic mass is 79.9. The predicted octanol–water partition coefficient (Wildman–Crippen LogP) is 5.40. The van der Waals surface area contributed by atoms with Crippen LogP contribution in [0.5, 0.6) is 0 Å². The minimum Gasteiger partial charge on any atom is -0.441 e. The number of carbonyl (C=O) groups excluding carboxylic acids is 1. The van der Waals surface area contributed by atoms with Crippen molar-refractivity contribution < 1.29 is 9.21 Å². The number of hydrogen-bond donors (Lipinski definition) is 1. The van der Waals surface area contributed by atoms with Crippen molar-refractivity contribution in [3.8, 4) is 11.3 Å². The monoisotopic (exact) mass is 432 g/mol. The third-order valence-corrected chi connectivity index (χ3v) is 4.74. The van der Waals surface area contributed by atoms with Crippen LogP contribution in [0.2, 0.25) is 5.02 Å². The van der Waals surface area contributed by atoms with E-state index in [1.54, 1.807) is 6.20 Å². The van der Waals surface area contributed by atoms with Gasteiger partial charge in [0.25, 0.3) is 0 Å². The smallest absolute Gasteiger partial charge is 0.220 e. The third-order valence-electron chi connectivity index (χ3n) is 3.90. The lowest BCUT2D eigenvalue weighted by molar-refractivity contribution is -0.121. The molecule has 2 aromatic carbocycles. The van der Waals surface area contributed by atoms with Crippen molar-refractivity contribution in [3.63, 3.8) is 0 Å². The number of nitrogens with one attached hydrogen (secondary N) is 1. The average Bonchev–Trinajstić information content (AvgIpc) is 3.11. The zero-order valence-electron chi connectivity index (χ0n) is 14.0. The molecule has 1 heterocycles. The predicted molar refractivity (Wildman–Crippen MR) is 106 cm³/mol. The van der Waals surface area contributed by atoms with E-state index in [4.69, 9.17) is 16.0 Å². The minimum atomic E-state index is -0.0150. The van der Waals surface area contributed by atoms with E-state index in [0.29, 0.717) is 36.7 Å². The second-order valence-corrected chi connectivity index (χ2v) is 7.17. The largest absolute Gasteiger partial charge is 0.441 e. The Morgan fingerprint density at radius 3 is 2.77 bits per heavy atom. The Morgan fingerprint density at radius 2 is 2.00 bits per heavy atom. The SMILES string of the molecule is O=C(CCCc1ncc(-c2ccccc2)o1)NCc1ccc(Br)cc1Cl. The van der Waals surface area contributed by atoms with Crippen LogP contribution in [-0.4, -0.2) is 10.9 Å². The topological polar surface area (TPSA) is 55.1 Å². The van der Waals surface area contributed by atoms with Crippen LogP contribution in [0.15, 0.2) is 63.6 Å². The molecule has 0 saturated heterocycles. The summed E-state index contributed by atoms with van der Waals surface area (Å²) < 4.78 is 6.66. The molecule has 4 nitrogen and oxygen atoms in total. The van der Waals surface area contributed by atoms with E-state index in [2.05, 4.69) is 26.2 Å². The fourth-order valence-electron chi connectivity index (χ4n) is 2.51. The molecule has 3 rings (SSSR count). The van der Waals surface area contributed by atoms with Crippen LogP contribution in [0.25, 0.3) is 11.3 Å². The van der Waals surface area contributed by atoms with E-state index in [1.165, 1.54) is 0 Å². The number of aromatic nitrogens is 1. The zero-order valence-corrected chi connectivity index (χ0v) is 16.4. The summed E-state index contributed by atoms with van der Waals surface area (Å²) in [6, 6.07) is 15.4. The Hall–Kier alpha value is -2.11. The number of aryl methyl sites for hydroxylation is 1. The van der Waals surface area contributed by atoms with E-state index >= 15 is 0 Å². The van der Waals surface area contributed by atoms with Crippen molar-refractivity contribution in [2.24, 2.45) is 0 Å². The van der Waals surface area contributed by atoms with Gasteiger partial charge < -0.3 is 9.73 Å². The molecular weight excluding hydrogens is 416 g/mol. The second-order valence-electron chi connectivity index (χ2n) is 5.85. The van der Waals surface area contributed by atoms with E-state index in [1.807, 2.05) is 48.5 Å². The van der Waals surface area contributed by atoms with Crippen molar-refractivity contribution in [2.75, 3.05) is 0 Å². The maximum absolute atomic E-state index is 12.0. The van der Waals surface area contributed by atoms with E-state index < -0.39 is 0 Å². The highest BCUT2D eigenvalue weighted by Crippen LogP contribution is 2.22. The van der Waals surface area contributed by atoms with Crippen LogP contribution in [-0.2, 0) is 17.8 Å². The molecule has 0 atom stereocenters. The van der Waals surface area contributed by atoms with Gasteiger partial charge in [-0.2, -0.15) is 0 Å². The van der Waals surface area contributed by atoms with E-state index in [-0.39, 0.29) is 5.91 Å². The van der Waals surface area contributed by atoms with Crippen LogP contribution >= 0.6 is 27.5 Å². The summed E-state index contributed by atoms with van der Waals surface area (Å²) >= 11 is 9.51. The summed E-state index contributed by atoms with van der Waals surface area (Å²) in [6.45, 7) is 0.419. The van der Waals surface area contributed by atoms with Gasteiger partial charge in [0.2, 0.25) is 5.91 Å². The number of rotatable bonds is 7. The summed E-state index contributed by atoms with van der Waals surface area (Å²) in [5, 5.41) is 3.52. The molecule has 0 saturated carbocycles. The summed E-state index contributed by atoms with van der Waals surface area (Å²) in [7, 11) is 0. The van der Waals surface area contributed by atoms with Gasteiger partial charge in [-0.05, 0) is 24.1 Å². The Labute approximate surface area is 165 Å². The van der Waals surface area contributed by atoms with Crippen LogP contribution in [0.4, 0.5) is 0 Å². The van der Waals surface area contributed by atoms with Gasteiger partial charge in [0.1, 0.15) is 0 Å². The summed E-state index contributed by atoms with van der Waals surface area (Å²) in [5.74, 6) is 1.38. The fourth-order valence-corrected chi connectivity index (χ4v) is 3.25. The first-order valence-electron chi connectivity index (χ1n) is 8.32. The van der Waals surface area contributed by atoms with Gasteiger partial charge in [-0.15, -0.1) is 0 Å². The van der Waals surface area contributed by atoms with Crippen molar-refractivity contribution in [3.05, 3.63) is 75.7 Å². The number of hydrogen-bond acceptors (Lipinski definition) is 3. The summed E-state index contributed by atoms with van der Waals surface area (Å²) in [4.78, 5) is 16.3. The van der Waals surface area contributed by atoms with Crippen molar-refractivity contribution in [1.29, 1.82) is 0 Å². The molecule has 0 bridgehead atoms. The maximum atomic E-state index is 12.0. The third kappa shape index (κ3) is 5.19. The molecule has 1 aromatic heterocycles. The Kier molecular flexibility index (Phi) is 6.47. The first-order valence-corrected chi connectivity index (χ1v) is 9.49. The molecule has 1 amide bonds. The Bertz CT molecular complexity index is 881. The van der Waals surface area contributed by atoms with Gasteiger partial charge in [0.05, 0.1) is 6.20 Å². The average molecular weight is 434 g/mol. The normalized spacial score (nSPS) is 10.7. The molecule has 0 aliphatic carbocycles. The molecule has 1 N–H and O–H groups in total. The quantitative estimate of drug-likeness (QED) is 0.543. The molecule has 3 aromatic rings. The lowest BCUT2D eigenvalue weighted by Gasteiger charge is -2.07. The number of nitrogens with zero attached hydrogens (tertiary/aromatic N) is 1. The molecule has 26 heavy (non-hydrogen) atoms. The lowest BCUT2D eigenvalue weighted by atomic mass is 10.2. The highest BCUT2D eigenvalue weighted by Gasteiger charge is 2.08. The van der Waals surface area contributed by atoms with Crippen molar-refractivity contribution in [1.82, 2.24) is 10.3 Å². The molecule has 0 fully saturated rings. The molecule has 6 heteroatoms. The van der Waals surface area contributed by atoms with Gasteiger partial charge in [0, 0.05) is 34.4 Å². The van der Waals surface area contributed by atoms with Gasteiger partial charge in [-0.3, -0.25) is 4.79 Å². The van der Waals surface area contributed by atoms with Gasteiger partial charge in [-0.25, -0.2) is 4.98 Å². The first-order chi connectivity index (χ1) is 12.6. The highest BCUT2D eigenvalue weighted by molar-refractivity contribution is 9.10. The van der Waals surface area contributed by atoms with Crippen LogP contribution < -0.4 is 5.32 Å². The lowest BCUT2D eigenvalue weighted by Crippen LogP contribution is -2.22. The zero-order chi connectivity index (χ0) is 18.4. The van der Waals surface area contributed by atoms with Gasteiger partial charge >= 0.3 is 0 Å². The van der Waals surface area contributed by atoms with Crippen LogP contribution in [0.1, 0.15) is 24.3 Å². The van der Waals surface area contributed by atoms with Gasteiger partial charge in [0.15, 0.2) is 11.7 Å². The Morgan fingerprint density at radius 1 is 1.19 bits per heavy atom. The minimum absolute atomic E-state index is 0.0150. The second kappa shape index (κ2) is 9.01. The molecule has 0 spiro atoms. The number of carbonyl (C=O) groups is 1. The molecule has 134 valence electrons. The van der Waals surface area contributed by atoms with Crippen LogP contribution in [0, 0.1) is 0 Å². The number of oxazole rings is 1. The maximum Gasteiger partial charge on any atom is 0.220 e. The molecule has 0 aliphatic rings. The van der Waals surface area contributed by atoms with Crippen molar-refractivity contribution >= 4 is 33.4 Å². The first kappa shape index (κ1) is 18.7. The molecular formula is C20H18BrClN2O2. The van der Waals surface area contributed by atoms with Crippen molar-refractivity contribution in [2.45, 2.75) is 25.8 Å². The van der Waals surface area contributed by atoms with Crippen LogP contribution in [0.3, 0.4) is 0 Å². The number of halogens is 2. The fraction of sp³-hybridized carbons (Fsp3) is 0.200. The van der Waals surface area contributed by atoms with Gasteiger partial charge in [-0.1, -0.05) is 63.9 Å². The Balaban J connectivity index is 1.43. The molecule has 0 unspecified atom stereocenters. The standard InChI is InChI=1S/C20H18BrClN2O2/c21-16-10-9-15(17(22)11-16)12-23-19(25)7-4-8-20-24-13-18(26-20)14-5-2-1-3-6-14/h1-3,5-6,9-11,13H,4,7-8,12H2,(H,23,25). The number of benzene rings is 2.